The predicted molar refractivity (Wildman–Crippen MR) is 37.8 cm³/mol. The standard InChI is InChI=1S/C7H7O2S/c1-2-6(10-5-1)7-8-3-4-9-7/h2,5,7H,3-4H2. The summed E-state index contributed by atoms with van der Waals surface area (Å²) in [6, 6.07) is 4.87. The predicted octanol–water partition coefficient (Wildman–Crippen LogP) is 1.59. The van der Waals surface area contributed by atoms with Crippen molar-refractivity contribution in [2.75, 3.05) is 13.2 Å². The number of ether oxygens (including phenoxy) is 2. The summed E-state index contributed by atoms with van der Waals surface area (Å²) in [6.07, 6.45) is -0.115. The van der Waals surface area contributed by atoms with E-state index in [0.29, 0.717) is 13.2 Å². The minimum absolute atomic E-state index is 0.115. The molecule has 1 radical (unpaired) electrons. The van der Waals surface area contributed by atoms with Crippen LogP contribution in [0.15, 0.2) is 11.4 Å². The van der Waals surface area contributed by atoms with Crippen LogP contribution in [0.25, 0.3) is 0 Å². The van der Waals surface area contributed by atoms with E-state index in [0.717, 1.165) is 4.88 Å². The fraction of sp³-hybridized carbons (Fsp3) is 0.429. The molecule has 53 valence electrons. The van der Waals surface area contributed by atoms with E-state index in [4.69, 9.17) is 9.47 Å². The number of rotatable bonds is 1. The van der Waals surface area contributed by atoms with Gasteiger partial charge in [-0.25, -0.2) is 0 Å². The molecule has 1 aromatic heterocycles. The molecule has 0 atom stereocenters. The van der Waals surface area contributed by atoms with Crippen molar-refractivity contribution in [3.63, 3.8) is 0 Å². The lowest BCUT2D eigenvalue weighted by Crippen LogP contribution is -1.93. The Bertz CT molecular complexity index is 189. The second kappa shape index (κ2) is 2.70. The highest BCUT2D eigenvalue weighted by molar-refractivity contribution is 7.09. The molecular formula is C7H7O2S. The third-order valence-electron chi connectivity index (χ3n) is 1.34. The van der Waals surface area contributed by atoms with Crippen LogP contribution in [0.3, 0.4) is 0 Å². The van der Waals surface area contributed by atoms with Crippen molar-refractivity contribution in [1.29, 1.82) is 0 Å². The molecule has 1 fully saturated rings. The number of hydrogen-bond donors (Lipinski definition) is 0. The van der Waals surface area contributed by atoms with Crippen molar-refractivity contribution in [3.8, 4) is 0 Å². The number of hydrogen-bond acceptors (Lipinski definition) is 3. The third kappa shape index (κ3) is 1.08. The Hall–Kier alpha value is -0.380. The topological polar surface area (TPSA) is 18.5 Å². The van der Waals surface area contributed by atoms with E-state index >= 15 is 0 Å². The van der Waals surface area contributed by atoms with Gasteiger partial charge in [-0.2, -0.15) is 0 Å². The van der Waals surface area contributed by atoms with Gasteiger partial charge in [-0.05, 0) is 17.5 Å². The quantitative estimate of drug-likeness (QED) is 0.613. The summed E-state index contributed by atoms with van der Waals surface area (Å²) in [6.45, 7) is 1.42. The summed E-state index contributed by atoms with van der Waals surface area (Å²) >= 11 is 1.61. The first-order valence-electron chi connectivity index (χ1n) is 3.14. The summed E-state index contributed by atoms with van der Waals surface area (Å²) in [4.78, 5) is 1.11. The van der Waals surface area contributed by atoms with Crippen molar-refractivity contribution >= 4 is 11.3 Å². The van der Waals surface area contributed by atoms with Crippen LogP contribution in [-0.2, 0) is 9.47 Å². The highest BCUT2D eigenvalue weighted by atomic mass is 32.1. The molecule has 0 amide bonds. The summed E-state index contributed by atoms with van der Waals surface area (Å²) in [5.41, 5.74) is 0. The van der Waals surface area contributed by atoms with Gasteiger partial charge in [0.1, 0.15) is 0 Å². The monoisotopic (exact) mass is 155 g/mol. The molecular weight excluding hydrogens is 148 g/mol. The zero-order valence-electron chi connectivity index (χ0n) is 5.37. The van der Waals surface area contributed by atoms with Crippen molar-refractivity contribution < 1.29 is 9.47 Å². The van der Waals surface area contributed by atoms with Gasteiger partial charge in [0, 0.05) is 0 Å². The maximum atomic E-state index is 5.27. The van der Waals surface area contributed by atoms with Gasteiger partial charge in [0.25, 0.3) is 0 Å². The molecule has 1 aliphatic heterocycles. The fourth-order valence-corrected chi connectivity index (χ4v) is 1.55. The lowest BCUT2D eigenvalue weighted by Gasteiger charge is -2.03. The summed E-state index contributed by atoms with van der Waals surface area (Å²) in [5, 5.41) is 1.90. The molecule has 0 saturated carbocycles. The average Bonchev–Trinajstić information content (AvgIpc) is 2.59. The molecule has 2 rings (SSSR count). The Kier molecular flexibility index (Phi) is 1.71. The maximum absolute atomic E-state index is 5.27. The van der Waals surface area contributed by atoms with Crippen molar-refractivity contribution in [1.82, 2.24) is 0 Å². The molecule has 2 heterocycles. The first kappa shape index (κ1) is 6.34. The van der Waals surface area contributed by atoms with Gasteiger partial charge < -0.3 is 9.47 Å². The van der Waals surface area contributed by atoms with Gasteiger partial charge >= 0.3 is 0 Å². The Morgan fingerprint density at radius 3 is 2.90 bits per heavy atom. The molecule has 1 aromatic rings. The largest absolute Gasteiger partial charge is 0.345 e. The van der Waals surface area contributed by atoms with Crippen LogP contribution in [0.4, 0.5) is 0 Å². The van der Waals surface area contributed by atoms with Crippen molar-refractivity contribution in [2.24, 2.45) is 0 Å². The first-order chi connectivity index (χ1) is 4.97. The second-order valence-corrected chi connectivity index (χ2v) is 2.97. The zero-order valence-corrected chi connectivity index (χ0v) is 6.19. The third-order valence-corrected chi connectivity index (χ3v) is 2.18. The average molecular weight is 155 g/mol. The van der Waals surface area contributed by atoms with Gasteiger partial charge in [-0.1, -0.05) is 0 Å². The molecule has 0 N–H and O–H groups in total. The molecule has 2 nitrogen and oxygen atoms in total. The minimum atomic E-state index is -0.115. The van der Waals surface area contributed by atoms with Gasteiger partial charge in [-0.3, -0.25) is 0 Å². The summed E-state index contributed by atoms with van der Waals surface area (Å²) < 4.78 is 10.5. The van der Waals surface area contributed by atoms with E-state index in [-0.39, 0.29) is 6.29 Å². The molecule has 0 aliphatic carbocycles. The normalized spacial score (nSPS) is 20.0. The van der Waals surface area contributed by atoms with Crippen LogP contribution in [0, 0.1) is 6.07 Å². The smallest absolute Gasteiger partial charge is 0.193 e. The van der Waals surface area contributed by atoms with Crippen LogP contribution < -0.4 is 0 Å². The Morgan fingerprint density at radius 1 is 1.50 bits per heavy atom. The van der Waals surface area contributed by atoms with E-state index in [1.807, 2.05) is 11.4 Å². The summed E-state index contributed by atoms with van der Waals surface area (Å²) in [5.74, 6) is 0. The maximum Gasteiger partial charge on any atom is 0.193 e. The fourth-order valence-electron chi connectivity index (χ4n) is 0.899. The molecule has 10 heavy (non-hydrogen) atoms. The Balaban J connectivity index is 2.12. The minimum Gasteiger partial charge on any atom is -0.345 e. The lowest BCUT2D eigenvalue weighted by atomic mass is 10.5. The zero-order chi connectivity index (χ0) is 6.81. The van der Waals surface area contributed by atoms with E-state index in [1.165, 1.54) is 0 Å². The van der Waals surface area contributed by atoms with Crippen LogP contribution in [0.2, 0.25) is 0 Å². The Morgan fingerprint density at radius 2 is 2.30 bits per heavy atom. The molecule has 0 spiro atoms. The molecule has 3 heteroatoms. The Labute approximate surface area is 63.4 Å². The highest BCUT2D eigenvalue weighted by Crippen LogP contribution is 2.26. The van der Waals surface area contributed by atoms with E-state index in [1.54, 1.807) is 11.3 Å². The van der Waals surface area contributed by atoms with E-state index in [2.05, 4.69) is 6.07 Å². The van der Waals surface area contributed by atoms with Crippen LogP contribution in [-0.4, -0.2) is 13.2 Å². The molecule has 0 unspecified atom stereocenters. The second-order valence-electron chi connectivity index (χ2n) is 2.02. The molecule has 1 saturated heterocycles. The van der Waals surface area contributed by atoms with E-state index in [9.17, 15) is 0 Å². The highest BCUT2D eigenvalue weighted by Gasteiger charge is 2.18. The van der Waals surface area contributed by atoms with Crippen molar-refractivity contribution in [2.45, 2.75) is 6.29 Å². The van der Waals surface area contributed by atoms with E-state index < -0.39 is 0 Å². The van der Waals surface area contributed by atoms with Gasteiger partial charge in [-0.15, -0.1) is 11.3 Å². The molecule has 0 aromatic carbocycles. The van der Waals surface area contributed by atoms with Crippen LogP contribution in [0.5, 0.6) is 0 Å². The van der Waals surface area contributed by atoms with Crippen LogP contribution >= 0.6 is 11.3 Å². The lowest BCUT2D eigenvalue weighted by molar-refractivity contribution is -0.0413. The van der Waals surface area contributed by atoms with Crippen molar-refractivity contribution in [3.05, 3.63) is 22.4 Å². The molecule has 0 bridgehead atoms. The number of thiophene rings is 1. The SMILES string of the molecule is [c]1csc(C2OCCO2)c1. The van der Waals surface area contributed by atoms with Gasteiger partial charge in [0.2, 0.25) is 0 Å². The van der Waals surface area contributed by atoms with Gasteiger partial charge in [0.15, 0.2) is 6.29 Å². The summed E-state index contributed by atoms with van der Waals surface area (Å²) in [7, 11) is 0. The molecule has 1 aliphatic rings. The van der Waals surface area contributed by atoms with Gasteiger partial charge in [0.05, 0.1) is 18.1 Å². The first-order valence-corrected chi connectivity index (χ1v) is 4.02. The van der Waals surface area contributed by atoms with Crippen LogP contribution in [0.1, 0.15) is 11.2 Å².